The average molecular weight is 572 g/mol. The van der Waals surface area contributed by atoms with Crippen molar-refractivity contribution >= 4 is 50.3 Å². The first kappa shape index (κ1) is 28.3. The minimum atomic E-state index is -2.92. The summed E-state index contributed by atoms with van der Waals surface area (Å²) in [6, 6.07) is 12.5. The van der Waals surface area contributed by atoms with Crippen LogP contribution in [0.15, 0.2) is 48.7 Å². The first-order valence-corrected chi connectivity index (χ1v) is 15.3. The van der Waals surface area contributed by atoms with Gasteiger partial charge < -0.3 is 27.0 Å². The molecule has 39 heavy (non-hydrogen) atoms. The monoisotopic (exact) mass is 571 g/mol. The summed E-state index contributed by atoms with van der Waals surface area (Å²) in [5, 5.41) is 11.8. The molecule has 13 heteroatoms. The predicted molar refractivity (Wildman–Crippen MR) is 156 cm³/mol. The van der Waals surface area contributed by atoms with Crippen molar-refractivity contribution in [2.45, 2.75) is 13.5 Å². The molecule has 0 spiro atoms. The van der Waals surface area contributed by atoms with Crippen molar-refractivity contribution in [3.8, 4) is 10.4 Å². The van der Waals surface area contributed by atoms with Gasteiger partial charge in [0.25, 0.3) is 5.91 Å². The van der Waals surface area contributed by atoms with Gasteiger partial charge in [-0.3, -0.25) is 9.69 Å². The molecule has 0 radical (unpaired) electrons. The van der Waals surface area contributed by atoms with Crippen LogP contribution in [-0.4, -0.2) is 74.5 Å². The van der Waals surface area contributed by atoms with Crippen molar-refractivity contribution in [3.05, 3.63) is 59.1 Å². The number of nitrogen functional groups attached to an aromatic ring is 1. The van der Waals surface area contributed by atoms with E-state index in [1.807, 2.05) is 37.3 Å². The summed E-state index contributed by atoms with van der Waals surface area (Å²) < 4.78 is 23.2. The number of benzene rings is 1. The molecule has 0 atom stereocenters. The number of amides is 3. The summed E-state index contributed by atoms with van der Waals surface area (Å²) >= 11 is 1.39. The van der Waals surface area contributed by atoms with E-state index in [1.54, 1.807) is 18.3 Å². The first-order chi connectivity index (χ1) is 18.7. The van der Waals surface area contributed by atoms with Gasteiger partial charge in [0.15, 0.2) is 9.84 Å². The van der Waals surface area contributed by atoms with Crippen molar-refractivity contribution in [1.82, 2.24) is 20.5 Å². The smallest absolute Gasteiger partial charge is 0.319 e. The van der Waals surface area contributed by atoms with Crippen molar-refractivity contribution in [3.63, 3.8) is 0 Å². The Balaban J connectivity index is 1.32. The van der Waals surface area contributed by atoms with E-state index in [4.69, 9.17) is 5.73 Å². The number of carbonyl (C=O) groups is 2. The van der Waals surface area contributed by atoms with E-state index < -0.39 is 9.84 Å². The first-order valence-electron chi connectivity index (χ1n) is 12.7. The van der Waals surface area contributed by atoms with Crippen LogP contribution in [0.5, 0.6) is 0 Å². The zero-order valence-electron chi connectivity index (χ0n) is 21.7. The molecule has 1 aliphatic rings. The van der Waals surface area contributed by atoms with Gasteiger partial charge in [0.05, 0.1) is 17.2 Å². The second kappa shape index (κ2) is 12.9. The van der Waals surface area contributed by atoms with Crippen LogP contribution in [0, 0.1) is 0 Å². The van der Waals surface area contributed by atoms with Crippen LogP contribution in [-0.2, 0) is 16.4 Å². The van der Waals surface area contributed by atoms with Crippen LogP contribution in [0.25, 0.3) is 10.4 Å². The van der Waals surface area contributed by atoms with Crippen LogP contribution in [0.1, 0.15) is 22.2 Å². The normalized spacial score (nSPS) is 14.9. The number of sulfone groups is 1. The number of hydrogen-bond donors (Lipinski definition) is 5. The zero-order valence-corrected chi connectivity index (χ0v) is 23.3. The van der Waals surface area contributed by atoms with Crippen LogP contribution in [0.2, 0.25) is 0 Å². The Morgan fingerprint density at radius 2 is 1.82 bits per heavy atom. The van der Waals surface area contributed by atoms with Gasteiger partial charge >= 0.3 is 6.03 Å². The summed E-state index contributed by atoms with van der Waals surface area (Å²) in [6.45, 7) is 5.00. The lowest BCUT2D eigenvalue weighted by Crippen LogP contribution is -2.43. The molecule has 1 fully saturated rings. The van der Waals surface area contributed by atoms with E-state index in [-0.39, 0.29) is 23.4 Å². The number of carbonyl (C=O) groups excluding carboxylic acids is 2. The summed E-state index contributed by atoms with van der Waals surface area (Å²) in [4.78, 5) is 32.8. The maximum atomic E-state index is 13.0. The van der Waals surface area contributed by atoms with Gasteiger partial charge in [0, 0.05) is 56.0 Å². The Hall–Kier alpha value is -3.68. The quantitative estimate of drug-likeness (QED) is 0.248. The fourth-order valence-corrected chi connectivity index (χ4v) is 6.35. The number of thiophene rings is 1. The van der Waals surface area contributed by atoms with Crippen molar-refractivity contribution in [1.29, 1.82) is 0 Å². The van der Waals surface area contributed by atoms with Crippen molar-refractivity contribution in [2.24, 2.45) is 0 Å². The predicted octanol–water partition coefficient (Wildman–Crippen LogP) is 2.61. The molecule has 1 aromatic carbocycles. The van der Waals surface area contributed by atoms with Crippen molar-refractivity contribution < 1.29 is 18.0 Å². The molecule has 1 saturated heterocycles. The van der Waals surface area contributed by atoms with E-state index >= 15 is 0 Å². The molecule has 2 aromatic heterocycles. The van der Waals surface area contributed by atoms with Gasteiger partial charge in [0.2, 0.25) is 0 Å². The molecule has 3 amide bonds. The lowest BCUT2D eigenvalue weighted by atomic mass is 10.1. The molecule has 0 unspecified atom stereocenters. The van der Waals surface area contributed by atoms with Crippen LogP contribution in [0.3, 0.4) is 0 Å². The van der Waals surface area contributed by atoms with Gasteiger partial charge in [-0.2, -0.15) is 0 Å². The molecular weight excluding hydrogens is 538 g/mol. The number of pyridine rings is 1. The number of nitrogens with two attached hydrogens (primary N) is 1. The summed E-state index contributed by atoms with van der Waals surface area (Å²) in [7, 11) is -2.92. The molecule has 3 heterocycles. The highest BCUT2D eigenvalue weighted by Crippen LogP contribution is 2.35. The van der Waals surface area contributed by atoms with Crippen molar-refractivity contribution in [2.75, 3.05) is 60.6 Å². The third kappa shape index (κ3) is 8.15. The SMILES string of the molecule is CCNc1cc(-c2ccc(NC(=O)NCc3ccc(N)nc3)cc2)sc1C(=O)NCCN1CCS(=O)(=O)CC1. The molecule has 3 aromatic rings. The fourth-order valence-electron chi connectivity index (χ4n) is 4.02. The van der Waals surface area contributed by atoms with E-state index in [9.17, 15) is 18.0 Å². The van der Waals surface area contributed by atoms with E-state index in [2.05, 4.69) is 31.2 Å². The Kier molecular flexibility index (Phi) is 9.38. The molecule has 6 N–H and O–H groups in total. The number of urea groups is 1. The zero-order chi connectivity index (χ0) is 27.8. The van der Waals surface area contributed by atoms with Gasteiger partial charge in [-0.25, -0.2) is 18.2 Å². The molecule has 11 nitrogen and oxygen atoms in total. The largest absolute Gasteiger partial charge is 0.384 e. The Morgan fingerprint density at radius 3 is 2.49 bits per heavy atom. The maximum Gasteiger partial charge on any atom is 0.319 e. The second-order valence-corrected chi connectivity index (χ2v) is 12.5. The minimum Gasteiger partial charge on any atom is -0.384 e. The van der Waals surface area contributed by atoms with Gasteiger partial charge in [0.1, 0.15) is 10.7 Å². The number of nitrogens with zero attached hydrogens (tertiary/aromatic N) is 2. The van der Waals surface area contributed by atoms with E-state index in [0.29, 0.717) is 55.7 Å². The molecule has 4 rings (SSSR count). The van der Waals surface area contributed by atoms with Gasteiger partial charge in [-0.1, -0.05) is 18.2 Å². The van der Waals surface area contributed by atoms with Gasteiger partial charge in [-0.05, 0) is 42.3 Å². The van der Waals surface area contributed by atoms with E-state index in [0.717, 1.165) is 21.7 Å². The summed E-state index contributed by atoms with van der Waals surface area (Å²) in [5.41, 5.74) is 8.74. The van der Waals surface area contributed by atoms with Gasteiger partial charge in [-0.15, -0.1) is 11.3 Å². The third-order valence-corrected chi connectivity index (χ3v) is 8.98. The number of hydrogen-bond acceptors (Lipinski definition) is 9. The summed E-state index contributed by atoms with van der Waals surface area (Å²) in [6.07, 6.45) is 1.62. The molecular formula is C26H33N7O4S2. The van der Waals surface area contributed by atoms with E-state index in [1.165, 1.54) is 11.3 Å². The Morgan fingerprint density at radius 1 is 1.08 bits per heavy atom. The average Bonchev–Trinajstić information content (AvgIpc) is 3.34. The maximum absolute atomic E-state index is 13.0. The highest BCUT2D eigenvalue weighted by atomic mass is 32.2. The van der Waals surface area contributed by atoms with Crippen LogP contribution in [0.4, 0.5) is 22.0 Å². The minimum absolute atomic E-state index is 0.167. The molecule has 0 aliphatic carbocycles. The lowest BCUT2D eigenvalue weighted by Gasteiger charge is -2.26. The highest BCUT2D eigenvalue weighted by molar-refractivity contribution is 7.91. The lowest BCUT2D eigenvalue weighted by molar-refractivity contribution is 0.0953. The number of anilines is 3. The summed E-state index contributed by atoms with van der Waals surface area (Å²) in [5.74, 6) is 0.590. The Bertz CT molecular complexity index is 1380. The van der Waals surface area contributed by atoms with Crippen LogP contribution >= 0.6 is 11.3 Å². The highest BCUT2D eigenvalue weighted by Gasteiger charge is 2.22. The second-order valence-electron chi connectivity index (χ2n) is 9.11. The molecule has 208 valence electrons. The number of aromatic nitrogens is 1. The number of rotatable bonds is 10. The molecule has 0 saturated carbocycles. The Labute approximate surface area is 232 Å². The van der Waals surface area contributed by atoms with Crippen LogP contribution < -0.4 is 27.0 Å². The topological polar surface area (TPSA) is 159 Å². The molecule has 1 aliphatic heterocycles. The third-order valence-electron chi connectivity index (χ3n) is 6.18. The number of nitrogens with one attached hydrogen (secondary N) is 4. The standard InChI is InChI=1S/C26H33N7O4S2/c1-2-28-21-15-22(38-24(21)25(34)29-9-10-33-11-13-39(36,37)14-12-33)19-4-6-20(7-5-19)32-26(35)31-17-18-3-8-23(27)30-16-18/h3-8,15-16,28H,2,9-14,17H2,1H3,(H2,27,30)(H,29,34)(H2,31,32,35). The fraction of sp³-hybridized carbons (Fsp3) is 0.346. The molecule has 0 bridgehead atoms.